The van der Waals surface area contributed by atoms with Gasteiger partial charge in [0.05, 0.1) is 11.3 Å². The van der Waals surface area contributed by atoms with Crippen LogP contribution in [0, 0.1) is 0 Å². The molecule has 0 radical (unpaired) electrons. The maximum atomic E-state index is 13.0. The van der Waals surface area contributed by atoms with Crippen LogP contribution in [-0.4, -0.2) is 50.0 Å². The van der Waals surface area contributed by atoms with Crippen molar-refractivity contribution in [3.63, 3.8) is 0 Å². The summed E-state index contributed by atoms with van der Waals surface area (Å²) >= 11 is 0. The predicted octanol–water partition coefficient (Wildman–Crippen LogP) is 1.44. The molecule has 0 aromatic carbocycles. The molecule has 3 N–H and O–H groups in total. The van der Waals surface area contributed by atoms with Gasteiger partial charge in [-0.3, -0.25) is 14.7 Å². The fourth-order valence-electron chi connectivity index (χ4n) is 3.22. The summed E-state index contributed by atoms with van der Waals surface area (Å²) in [5.74, 6) is -0.364. The van der Waals surface area contributed by atoms with Crippen molar-refractivity contribution in [3.8, 4) is 0 Å². The summed E-state index contributed by atoms with van der Waals surface area (Å²) in [6, 6.07) is 1.67. The predicted molar refractivity (Wildman–Crippen MR) is 91.1 cm³/mol. The SMILES string of the molecule is CC(C)c1ncncc1C(=O)N1CCCC(c2cc(C(N)=O)n[nH]2)C1. The molecule has 2 aromatic rings. The normalized spacial score (nSPS) is 17.7. The van der Waals surface area contributed by atoms with Gasteiger partial charge in [0.1, 0.15) is 12.0 Å². The van der Waals surface area contributed by atoms with E-state index in [1.807, 2.05) is 18.7 Å². The fourth-order valence-corrected chi connectivity index (χ4v) is 3.22. The Labute approximate surface area is 145 Å². The molecule has 0 spiro atoms. The van der Waals surface area contributed by atoms with Crippen LogP contribution < -0.4 is 5.73 Å². The summed E-state index contributed by atoms with van der Waals surface area (Å²) in [6.45, 7) is 5.27. The number of carbonyl (C=O) groups excluding carboxylic acids is 2. The molecule has 1 fully saturated rings. The number of nitrogens with one attached hydrogen (secondary N) is 1. The van der Waals surface area contributed by atoms with Crippen molar-refractivity contribution in [2.24, 2.45) is 5.73 Å². The van der Waals surface area contributed by atoms with Crippen LogP contribution in [0.4, 0.5) is 0 Å². The van der Waals surface area contributed by atoms with E-state index in [0.717, 1.165) is 24.2 Å². The van der Waals surface area contributed by atoms with Gasteiger partial charge >= 0.3 is 0 Å². The van der Waals surface area contributed by atoms with Gasteiger partial charge in [0.2, 0.25) is 0 Å². The molecule has 3 heterocycles. The summed E-state index contributed by atoms with van der Waals surface area (Å²) in [7, 11) is 0. The summed E-state index contributed by atoms with van der Waals surface area (Å²) in [6.07, 6.45) is 4.87. The molecule has 3 rings (SSSR count). The van der Waals surface area contributed by atoms with Gasteiger partial charge in [-0.1, -0.05) is 13.8 Å². The van der Waals surface area contributed by atoms with E-state index in [-0.39, 0.29) is 23.4 Å². The maximum absolute atomic E-state index is 13.0. The lowest BCUT2D eigenvalue weighted by atomic mass is 9.93. The minimum absolute atomic E-state index is 0.0522. The Bertz CT molecular complexity index is 785. The van der Waals surface area contributed by atoms with Gasteiger partial charge in [-0.25, -0.2) is 9.97 Å². The third-order valence-corrected chi connectivity index (χ3v) is 4.52. The van der Waals surface area contributed by atoms with Gasteiger partial charge in [-0.05, 0) is 24.8 Å². The standard InChI is InChI=1S/C17H22N6O2/c1-10(2)15-12(7-19-9-20-15)17(25)23-5-3-4-11(8-23)13-6-14(16(18)24)22-21-13/h6-7,9-11H,3-5,8H2,1-2H3,(H2,18,24)(H,21,22). The van der Waals surface area contributed by atoms with Crippen LogP contribution in [0.1, 0.15) is 70.8 Å². The zero-order valence-corrected chi connectivity index (χ0v) is 14.4. The summed E-state index contributed by atoms with van der Waals surface area (Å²) in [4.78, 5) is 34.3. The Morgan fingerprint density at radius 1 is 1.40 bits per heavy atom. The van der Waals surface area contributed by atoms with Crippen LogP contribution in [0.3, 0.4) is 0 Å². The van der Waals surface area contributed by atoms with Crippen molar-refractivity contribution in [2.45, 2.75) is 38.5 Å². The highest BCUT2D eigenvalue weighted by atomic mass is 16.2. The van der Waals surface area contributed by atoms with E-state index in [1.165, 1.54) is 6.33 Å². The smallest absolute Gasteiger partial charge is 0.269 e. The summed E-state index contributed by atoms with van der Waals surface area (Å²) in [5, 5.41) is 6.81. The van der Waals surface area contributed by atoms with Crippen molar-refractivity contribution in [1.82, 2.24) is 25.1 Å². The van der Waals surface area contributed by atoms with Gasteiger partial charge in [0.15, 0.2) is 0 Å². The molecule has 8 heteroatoms. The van der Waals surface area contributed by atoms with Crippen LogP contribution in [0.5, 0.6) is 0 Å². The molecule has 0 aliphatic carbocycles. The first-order valence-corrected chi connectivity index (χ1v) is 8.41. The quantitative estimate of drug-likeness (QED) is 0.871. The number of hydrogen-bond acceptors (Lipinski definition) is 5. The average Bonchev–Trinajstić information content (AvgIpc) is 3.11. The molecule has 25 heavy (non-hydrogen) atoms. The largest absolute Gasteiger partial charge is 0.364 e. The first-order chi connectivity index (χ1) is 12.0. The van der Waals surface area contributed by atoms with E-state index in [1.54, 1.807) is 12.3 Å². The zero-order chi connectivity index (χ0) is 18.0. The number of aromatic nitrogens is 4. The number of rotatable bonds is 4. The average molecular weight is 342 g/mol. The second-order valence-electron chi connectivity index (χ2n) is 6.64. The third kappa shape index (κ3) is 3.52. The van der Waals surface area contributed by atoms with Gasteiger partial charge in [0.25, 0.3) is 11.8 Å². The Balaban J connectivity index is 1.79. The van der Waals surface area contributed by atoms with E-state index < -0.39 is 5.91 Å². The number of aromatic amines is 1. The van der Waals surface area contributed by atoms with Crippen molar-refractivity contribution in [1.29, 1.82) is 0 Å². The van der Waals surface area contributed by atoms with Gasteiger partial charge in [-0.15, -0.1) is 0 Å². The Morgan fingerprint density at radius 3 is 2.88 bits per heavy atom. The van der Waals surface area contributed by atoms with Gasteiger partial charge in [0, 0.05) is 30.9 Å². The summed E-state index contributed by atoms with van der Waals surface area (Å²) in [5.41, 5.74) is 7.63. The number of likely N-dealkylation sites (tertiary alicyclic amines) is 1. The van der Waals surface area contributed by atoms with Crippen molar-refractivity contribution in [3.05, 3.63) is 41.2 Å². The van der Waals surface area contributed by atoms with Gasteiger partial charge in [-0.2, -0.15) is 5.10 Å². The molecular weight excluding hydrogens is 320 g/mol. The van der Waals surface area contributed by atoms with Crippen molar-refractivity contribution >= 4 is 11.8 Å². The van der Waals surface area contributed by atoms with Crippen LogP contribution in [0.25, 0.3) is 0 Å². The highest BCUT2D eigenvalue weighted by Crippen LogP contribution is 2.28. The number of hydrogen-bond donors (Lipinski definition) is 2. The highest BCUT2D eigenvalue weighted by molar-refractivity contribution is 5.95. The maximum Gasteiger partial charge on any atom is 0.269 e. The van der Waals surface area contributed by atoms with Crippen molar-refractivity contribution < 1.29 is 9.59 Å². The zero-order valence-electron chi connectivity index (χ0n) is 14.4. The van der Waals surface area contributed by atoms with Crippen molar-refractivity contribution in [2.75, 3.05) is 13.1 Å². The lowest BCUT2D eigenvalue weighted by molar-refractivity contribution is 0.0703. The lowest BCUT2D eigenvalue weighted by Gasteiger charge is -2.32. The molecule has 2 amide bonds. The number of amides is 2. The topological polar surface area (TPSA) is 118 Å². The molecule has 132 valence electrons. The molecule has 0 saturated carbocycles. The Kier molecular flexibility index (Phi) is 4.78. The van der Waals surface area contributed by atoms with Crippen LogP contribution in [-0.2, 0) is 0 Å². The third-order valence-electron chi connectivity index (χ3n) is 4.52. The molecule has 1 aliphatic heterocycles. The van der Waals surface area contributed by atoms with E-state index >= 15 is 0 Å². The van der Waals surface area contributed by atoms with Gasteiger partial charge < -0.3 is 10.6 Å². The minimum atomic E-state index is -0.561. The number of nitrogens with two attached hydrogens (primary N) is 1. The van der Waals surface area contributed by atoms with E-state index in [2.05, 4.69) is 20.2 Å². The number of carbonyl (C=O) groups is 2. The molecule has 2 aromatic heterocycles. The molecule has 1 aliphatic rings. The summed E-state index contributed by atoms with van der Waals surface area (Å²) < 4.78 is 0. The van der Waals surface area contributed by atoms with E-state index in [4.69, 9.17) is 5.73 Å². The second-order valence-corrected chi connectivity index (χ2v) is 6.64. The van der Waals surface area contributed by atoms with Crippen LogP contribution in [0.2, 0.25) is 0 Å². The highest BCUT2D eigenvalue weighted by Gasteiger charge is 2.29. The molecule has 1 atom stereocenters. The molecule has 1 saturated heterocycles. The lowest BCUT2D eigenvalue weighted by Crippen LogP contribution is -2.39. The molecule has 0 bridgehead atoms. The minimum Gasteiger partial charge on any atom is -0.364 e. The Hall–Kier alpha value is -2.77. The Morgan fingerprint density at radius 2 is 2.20 bits per heavy atom. The monoisotopic (exact) mass is 342 g/mol. The van der Waals surface area contributed by atoms with E-state index in [0.29, 0.717) is 18.7 Å². The first kappa shape index (κ1) is 17.1. The molecular formula is C17H22N6O2. The number of H-pyrrole nitrogens is 1. The first-order valence-electron chi connectivity index (χ1n) is 8.41. The van der Waals surface area contributed by atoms with Crippen LogP contribution >= 0.6 is 0 Å². The second kappa shape index (κ2) is 7.00. The fraction of sp³-hybridized carbons (Fsp3) is 0.471. The number of primary amides is 1. The molecule has 8 nitrogen and oxygen atoms in total. The number of nitrogens with zero attached hydrogens (tertiary/aromatic N) is 4. The van der Waals surface area contributed by atoms with E-state index in [9.17, 15) is 9.59 Å². The molecule has 1 unspecified atom stereocenters. The number of piperidine rings is 1. The van der Waals surface area contributed by atoms with Crippen LogP contribution in [0.15, 0.2) is 18.6 Å².